The molecule has 0 bridgehead atoms. The molecule has 0 atom stereocenters. The number of alkyl halides is 3. The van der Waals surface area contributed by atoms with Crippen molar-refractivity contribution in [2.75, 3.05) is 0 Å². The second-order valence-corrected chi connectivity index (χ2v) is 5.52. The maximum atomic E-state index is 13.2. The van der Waals surface area contributed by atoms with Crippen LogP contribution in [0.15, 0.2) is 30.3 Å². The monoisotopic (exact) mass is 345 g/mol. The van der Waals surface area contributed by atoms with Gasteiger partial charge in [0.1, 0.15) is 0 Å². The average Bonchev–Trinajstić information content (AvgIpc) is 2.79. The van der Waals surface area contributed by atoms with Crippen LogP contribution in [0, 0.1) is 6.92 Å². The van der Waals surface area contributed by atoms with Gasteiger partial charge in [-0.05, 0) is 25.1 Å². The molecule has 2 aromatic heterocycles. The molecule has 0 aliphatic rings. The molecule has 0 amide bonds. The van der Waals surface area contributed by atoms with E-state index in [1.807, 2.05) is 0 Å². The third kappa shape index (κ3) is 2.64. The fraction of sp³-hybridized carbons (Fsp3) is 0.143. The van der Waals surface area contributed by atoms with Crippen LogP contribution in [0.3, 0.4) is 0 Å². The maximum Gasteiger partial charge on any atom is 0.433 e. The summed E-state index contributed by atoms with van der Waals surface area (Å²) < 4.78 is 40.5. The van der Waals surface area contributed by atoms with Crippen molar-refractivity contribution >= 4 is 28.8 Å². The van der Waals surface area contributed by atoms with Gasteiger partial charge in [-0.1, -0.05) is 29.3 Å². The second kappa shape index (κ2) is 5.14. The summed E-state index contributed by atoms with van der Waals surface area (Å²) in [4.78, 5) is 4.21. The molecule has 3 rings (SSSR count). The summed E-state index contributed by atoms with van der Waals surface area (Å²) in [5, 5.41) is 4.40. The Morgan fingerprint density at radius 3 is 2.41 bits per heavy atom. The first-order valence-corrected chi connectivity index (χ1v) is 6.91. The van der Waals surface area contributed by atoms with Crippen molar-refractivity contribution in [3.8, 4) is 11.3 Å². The van der Waals surface area contributed by atoms with Gasteiger partial charge in [-0.15, -0.1) is 0 Å². The molecule has 0 aliphatic carbocycles. The number of benzene rings is 1. The third-order valence-corrected chi connectivity index (χ3v) is 3.79. The van der Waals surface area contributed by atoms with Crippen molar-refractivity contribution in [3.63, 3.8) is 0 Å². The van der Waals surface area contributed by atoms with Crippen LogP contribution < -0.4 is 0 Å². The van der Waals surface area contributed by atoms with Crippen molar-refractivity contribution in [1.29, 1.82) is 0 Å². The van der Waals surface area contributed by atoms with E-state index in [1.54, 1.807) is 13.0 Å². The van der Waals surface area contributed by atoms with E-state index in [9.17, 15) is 13.2 Å². The first-order chi connectivity index (χ1) is 10.3. The lowest BCUT2D eigenvalue weighted by Gasteiger charge is -2.11. The summed E-state index contributed by atoms with van der Waals surface area (Å²) >= 11 is 11.7. The van der Waals surface area contributed by atoms with Gasteiger partial charge in [-0.3, -0.25) is 0 Å². The van der Waals surface area contributed by atoms with Crippen LogP contribution >= 0.6 is 23.2 Å². The Morgan fingerprint density at radius 1 is 1.05 bits per heavy atom. The van der Waals surface area contributed by atoms with E-state index in [0.29, 0.717) is 16.3 Å². The fourth-order valence-corrected chi connectivity index (χ4v) is 2.39. The molecular weight excluding hydrogens is 338 g/mol. The van der Waals surface area contributed by atoms with Crippen LogP contribution in [0.4, 0.5) is 13.2 Å². The zero-order chi connectivity index (χ0) is 16.1. The van der Waals surface area contributed by atoms with Crippen LogP contribution in [0.2, 0.25) is 10.0 Å². The lowest BCUT2D eigenvalue weighted by molar-refractivity contribution is -0.142. The van der Waals surface area contributed by atoms with E-state index in [2.05, 4.69) is 10.1 Å². The molecule has 0 fully saturated rings. The lowest BCUT2D eigenvalue weighted by atomic mass is 10.1. The highest BCUT2D eigenvalue weighted by atomic mass is 35.5. The molecule has 8 heteroatoms. The van der Waals surface area contributed by atoms with Gasteiger partial charge < -0.3 is 0 Å². The van der Waals surface area contributed by atoms with Gasteiger partial charge in [0.05, 0.1) is 21.4 Å². The second-order valence-electron chi connectivity index (χ2n) is 4.71. The van der Waals surface area contributed by atoms with E-state index >= 15 is 0 Å². The van der Waals surface area contributed by atoms with Gasteiger partial charge in [0, 0.05) is 11.6 Å². The Bertz CT molecular complexity index is 872. The molecule has 0 aliphatic heterocycles. The van der Waals surface area contributed by atoms with Crippen molar-refractivity contribution < 1.29 is 13.2 Å². The predicted molar refractivity (Wildman–Crippen MR) is 78.2 cm³/mol. The van der Waals surface area contributed by atoms with Gasteiger partial charge in [-0.2, -0.15) is 18.3 Å². The van der Waals surface area contributed by atoms with E-state index in [-0.39, 0.29) is 16.4 Å². The number of halogens is 5. The summed E-state index contributed by atoms with van der Waals surface area (Å²) in [5.41, 5.74) is 0.268. The number of rotatable bonds is 1. The molecule has 3 nitrogen and oxygen atoms in total. The molecule has 3 aromatic rings. The molecule has 0 unspecified atom stereocenters. The summed E-state index contributed by atoms with van der Waals surface area (Å²) in [5.74, 6) is 0. The smallest absolute Gasteiger partial charge is 0.228 e. The minimum atomic E-state index is -4.55. The Labute approximate surface area is 133 Å². The maximum absolute atomic E-state index is 13.2. The molecule has 22 heavy (non-hydrogen) atoms. The highest BCUT2D eigenvalue weighted by Gasteiger charge is 2.35. The number of aryl methyl sites for hydroxylation is 1. The minimum Gasteiger partial charge on any atom is -0.228 e. The summed E-state index contributed by atoms with van der Waals surface area (Å²) in [7, 11) is 0. The van der Waals surface area contributed by atoms with Crippen molar-refractivity contribution in [2.24, 2.45) is 0 Å². The Kier molecular flexibility index (Phi) is 3.53. The van der Waals surface area contributed by atoms with Crippen LogP contribution in [0.25, 0.3) is 16.9 Å². The number of hydrogen-bond acceptors (Lipinski definition) is 2. The number of nitrogens with zero attached hydrogens (tertiary/aromatic N) is 3. The molecule has 0 N–H and O–H groups in total. The minimum absolute atomic E-state index is 0.119. The van der Waals surface area contributed by atoms with Crippen LogP contribution in [0.5, 0.6) is 0 Å². The van der Waals surface area contributed by atoms with Crippen LogP contribution in [-0.2, 0) is 6.18 Å². The average molecular weight is 346 g/mol. The van der Waals surface area contributed by atoms with Gasteiger partial charge in [0.15, 0.2) is 11.3 Å². The Balaban J connectivity index is 2.28. The summed E-state index contributed by atoms with van der Waals surface area (Å²) in [6.45, 7) is 1.60. The standard InChI is InChI=1S/C14H8Cl2F3N3/c1-7-4-13-20-11(8-2-3-9(15)10(16)5-8)6-12(14(17,18)19)22(13)21-7/h2-6H,1H3. The van der Waals surface area contributed by atoms with Crippen molar-refractivity contribution in [3.05, 3.63) is 51.8 Å². The number of aromatic nitrogens is 3. The fourth-order valence-electron chi connectivity index (χ4n) is 2.09. The third-order valence-electron chi connectivity index (χ3n) is 3.06. The molecular formula is C14H8Cl2F3N3. The topological polar surface area (TPSA) is 30.2 Å². The number of hydrogen-bond donors (Lipinski definition) is 0. The number of fused-ring (bicyclic) bond motifs is 1. The first-order valence-electron chi connectivity index (χ1n) is 6.16. The lowest BCUT2D eigenvalue weighted by Crippen LogP contribution is -2.13. The first kappa shape index (κ1) is 15.1. The molecule has 1 aromatic carbocycles. The Morgan fingerprint density at radius 2 is 1.77 bits per heavy atom. The zero-order valence-electron chi connectivity index (χ0n) is 11.1. The van der Waals surface area contributed by atoms with Gasteiger partial charge in [0.25, 0.3) is 0 Å². The van der Waals surface area contributed by atoms with Crippen LogP contribution in [-0.4, -0.2) is 14.6 Å². The molecule has 0 spiro atoms. The van der Waals surface area contributed by atoms with Crippen molar-refractivity contribution in [1.82, 2.24) is 14.6 Å². The highest BCUT2D eigenvalue weighted by Crippen LogP contribution is 2.33. The molecule has 0 saturated heterocycles. The highest BCUT2D eigenvalue weighted by molar-refractivity contribution is 6.42. The van der Waals surface area contributed by atoms with Gasteiger partial charge in [-0.25, -0.2) is 9.50 Å². The van der Waals surface area contributed by atoms with E-state index in [4.69, 9.17) is 23.2 Å². The SMILES string of the molecule is Cc1cc2nc(-c3ccc(Cl)c(Cl)c3)cc(C(F)(F)F)n2n1. The molecule has 0 saturated carbocycles. The summed E-state index contributed by atoms with van der Waals surface area (Å²) in [6, 6.07) is 6.98. The van der Waals surface area contributed by atoms with E-state index in [0.717, 1.165) is 10.6 Å². The van der Waals surface area contributed by atoms with E-state index < -0.39 is 11.9 Å². The molecule has 0 radical (unpaired) electrons. The van der Waals surface area contributed by atoms with Crippen LogP contribution in [0.1, 0.15) is 11.4 Å². The quantitative estimate of drug-likeness (QED) is 0.619. The summed E-state index contributed by atoms with van der Waals surface area (Å²) in [6.07, 6.45) is -4.55. The molecule has 2 heterocycles. The van der Waals surface area contributed by atoms with Gasteiger partial charge in [0.2, 0.25) is 0 Å². The predicted octanol–water partition coefficient (Wildman–Crippen LogP) is 5.03. The Hall–Kier alpha value is -1.79. The normalized spacial score (nSPS) is 12.1. The van der Waals surface area contributed by atoms with Crippen molar-refractivity contribution in [2.45, 2.75) is 13.1 Å². The largest absolute Gasteiger partial charge is 0.433 e. The zero-order valence-corrected chi connectivity index (χ0v) is 12.6. The van der Waals surface area contributed by atoms with E-state index in [1.165, 1.54) is 18.2 Å². The van der Waals surface area contributed by atoms with Gasteiger partial charge >= 0.3 is 6.18 Å². The molecule has 114 valence electrons.